The minimum atomic E-state index is -2.03. The topological polar surface area (TPSA) is 193 Å². The van der Waals surface area contributed by atoms with Crippen molar-refractivity contribution in [1.29, 1.82) is 0 Å². The fourth-order valence-corrected chi connectivity index (χ4v) is 4.49. The van der Waals surface area contributed by atoms with Gasteiger partial charge in [0.2, 0.25) is 0 Å². The molecule has 192 valence electrons. The van der Waals surface area contributed by atoms with Crippen molar-refractivity contribution in [1.82, 2.24) is 40.8 Å². The standard InChI is InChI=1S/2C5H9N7S4.Mo.2O/c2*6-9-10-8-4(13)16-12(5(14)15)11-3-1-2-7-11;;;/h2*7H,1-3H2,(H,8,13)(H,14,15);;;/q;;+2;;/p-2. The zero-order chi connectivity index (χ0) is 26.6. The zero-order valence-electron chi connectivity index (χ0n) is 17.2. The van der Waals surface area contributed by atoms with Crippen LogP contribution in [0.5, 0.6) is 0 Å². The molecule has 0 aliphatic carbocycles. The third kappa shape index (κ3) is 16.0. The van der Waals surface area contributed by atoms with Crippen molar-refractivity contribution < 1.29 is 25.3 Å². The molecule has 0 aromatic rings. The molecule has 2 aliphatic rings. The van der Waals surface area contributed by atoms with Crippen LogP contribution in [0, 0.1) is 0 Å². The molecule has 2 saturated heterocycles. The first-order valence-electron chi connectivity index (χ1n) is 8.71. The second kappa shape index (κ2) is 21.5. The van der Waals surface area contributed by atoms with Crippen LogP contribution in [0.25, 0.3) is 20.9 Å². The molecular weight excluding hydrogens is 701 g/mol. The van der Waals surface area contributed by atoms with Crippen molar-refractivity contribution in [2.75, 3.05) is 26.2 Å². The van der Waals surface area contributed by atoms with Gasteiger partial charge < -0.3 is 49.7 Å². The van der Waals surface area contributed by atoms with Crippen LogP contribution in [0.2, 0.25) is 0 Å². The summed E-state index contributed by atoms with van der Waals surface area (Å²) in [5.74, 6) is 0. The van der Waals surface area contributed by atoms with Crippen LogP contribution >= 0.6 is 72.8 Å². The number of hydrazine groups is 4. The van der Waals surface area contributed by atoms with Crippen LogP contribution in [-0.4, -0.2) is 62.5 Å². The number of rotatable bonds is 4. The molecule has 0 aromatic carbocycles. The van der Waals surface area contributed by atoms with Crippen LogP contribution in [0.3, 0.4) is 0 Å². The summed E-state index contributed by atoms with van der Waals surface area (Å²) in [6, 6.07) is 0. The first kappa shape index (κ1) is 34.4. The Hall–Kier alpha value is -0.552. The van der Waals surface area contributed by atoms with E-state index in [4.69, 9.17) is 92.0 Å². The van der Waals surface area contributed by atoms with Crippen LogP contribution in [0.4, 0.5) is 0 Å². The Bertz CT molecular complexity index is 803. The van der Waals surface area contributed by atoms with Gasteiger partial charge in [-0.25, -0.2) is 30.5 Å². The normalized spacial score (nSPS) is 14.2. The van der Waals surface area contributed by atoms with Gasteiger partial charge in [-0.3, -0.25) is 0 Å². The molecule has 0 atom stereocenters. The van der Waals surface area contributed by atoms with Gasteiger partial charge in [-0.1, -0.05) is 0 Å². The van der Waals surface area contributed by atoms with E-state index in [0.29, 0.717) is 0 Å². The monoisotopic (exact) mass is 718 g/mol. The van der Waals surface area contributed by atoms with Gasteiger partial charge in [-0.05, 0) is 56.4 Å². The number of azide groups is 2. The third-order valence-corrected chi connectivity index (χ3v) is 6.55. The molecule has 2 fully saturated rings. The molecule has 0 amide bonds. The summed E-state index contributed by atoms with van der Waals surface area (Å²) < 4.78 is 21.2. The van der Waals surface area contributed by atoms with E-state index < -0.39 is 18.5 Å². The first-order chi connectivity index (χ1) is 16.7. The minimum absolute atomic E-state index is 0.254. The van der Waals surface area contributed by atoms with E-state index >= 15 is 0 Å². The molecule has 4 N–H and O–H groups in total. The fourth-order valence-electron chi connectivity index (χ4n) is 2.04. The van der Waals surface area contributed by atoms with Gasteiger partial charge in [0.15, 0.2) is 0 Å². The molecule has 16 nitrogen and oxygen atoms in total. The molecule has 0 unspecified atom stereocenters. The van der Waals surface area contributed by atoms with Gasteiger partial charge >= 0.3 is 25.3 Å². The van der Waals surface area contributed by atoms with Crippen LogP contribution in [0.15, 0.2) is 10.4 Å². The third-order valence-electron chi connectivity index (χ3n) is 3.14. The van der Waals surface area contributed by atoms with E-state index in [2.05, 4.69) is 42.0 Å². The number of nitrogens with zero attached hydrogens (tertiary/aromatic N) is 10. The average Bonchev–Trinajstić information content (AvgIpc) is 3.53. The fraction of sp³-hybridized carbons (Fsp3) is 0.600. The summed E-state index contributed by atoms with van der Waals surface area (Å²) >= 11 is 29.8. The molecular formula is C10H16MoN14O2S8. The Balaban J connectivity index is 0.000000594. The van der Waals surface area contributed by atoms with Gasteiger partial charge in [-0.2, -0.15) is 9.82 Å². The molecule has 0 bridgehead atoms. The second-order valence-corrected chi connectivity index (χ2v) is 10.9. The van der Waals surface area contributed by atoms with E-state index in [1.54, 1.807) is 19.1 Å². The molecule has 0 aromatic heterocycles. The van der Waals surface area contributed by atoms with Gasteiger partial charge in [-0.15, -0.1) is 21.3 Å². The van der Waals surface area contributed by atoms with E-state index in [-0.39, 0.29) is 17.3 Å². The predicted molar refractivity (Wildman–Crippen MR) is 149 cm³/mol. The Labute approximate surface area is 249 Å². The first-order valence-corrected chi connectivity index (χ1v) is 14.3. The summed E-state index contributed by atoms with van der Waals surface area (Å²) in [5, 5.41) is 9.84. The predicted octanol–water partition coefficient (Wildman–Crippen LogP) is 1.75. The van der Waals surface area contributed by atoms with Crippen molar-refractivity contribution >= 4 is 115 Å². The van der Waals surface area contributed by atoms with Gasteiger partial charge in [0.1, 0.15) is 0 Å². The van der Waals surface area contributed by atoms with Crippen molar-refractivity contribution in [3.8, 4) is 0 Å². The number of nitrogens with one attached hydrogen (secondary N) is 4. The van der Waals surface area contributed by atoms with Crippen molar-refractivity contribution in [2.24, 2.45) is 10.4 Å². The quantitative estimate of drug-likeness (QED) is 0.0480. The summed E-state index contributed by atoms with van der Waals surface area (Å²) in [5.41, 5.74) is 27.1. The maximum absolute atomic E-state index is 8.50. The van der Waals surface area contributed by atoms with Crippen molar-refractivity contribution in [3.63, 3.8) is 0 Å². The molecule has 2 rings (SSSR count). The van der Waals surface area contributed by atoms with Crippen molar-refractivity contribution in [2.45, 2.75) is 12.8 Å². The van der Waals surface area contributed by atoms with E-state index in [1.807, 2.05) is 0 Å². The van der Waals surface area contributed by atoms with E-state index in [9.17, 15) is 0 Å². The van der Waals surface area contributed by atoms with Gasteiger partial charge in [0, 0.05) is 26.2 Å². The zero-order valence-corrected chi connectivity index (χ0v) is 25.7. The molecule has 0 saturated carbocycles. The summed E-state index contributed by atoms with van der Waals surface area (Å²) in [4.78, 5) is 5.06. The Morgan fingerprint density at radius 3 is 1.46 bits per heavy atom. The van der Waals surface area contributed by atoms with Crippen LogP contribution in [-0.2, 0) is 50.5 Å². The van der Waals surface area contributed by atoms with E-state index in [1.165, 1.54) is 0 Å². The average molecular weight is 717 g/mol. The summed E-state index contributed by atoms with van der Waals surface area (Å²) in [7, 11) is 0. The second-order valence-electron chi connectivity index (χ2n) is 5.28. The van der Waals surface area contributed by atoms with Crippen molar-refractivity contribution in [3.05, 3.63) is 20.9 Å². The Morgan fingerprint density at radius 1 is 0.886 bits per heavy atom. The number of hydrogen-bond acceptors (Lipinski definition) is 16. The maximum atomic E-state index is 8.50. The Morgan fingerprint density at radius 2 is 1.23 bits per heavy atom. The molecule has 0 radical (unpaired) electrons. The summed E-state index contributed by atoms with van der Waals surface area (Å²) in [6.45, 7) is 3.33. The molecule has 2 aliphatic heterocycles. The molecule has 0 spiro atoms. The van der Waals surface area contributed by atoms with Gasteiger partial charge in [0.05, 0.1) is 23.9 Å². The number of thiocarbonyl (C=S) groups is 4. The molecule has 2 heterocycles. The number of hydrogen-bond donors (Lipinski definition) is 4. The van der Waals surface area contributed by atoms with Crippen LogP contribution < -0.4 is 21.7 Å². The SMILES string of the molecule is [N-]=[N+]=NNC(=S)SN(C(=S)[S-])N1CCCN1.[N-]=[N+]=NNC(=S)SN(C(=S)[S-])N1CCCN1.[O]=[Mo+2]=[O]. The Kier molecular flexibility index (Phi) is 21.2. The molecule has 25 heteroatoms. The molecule has 35 heavy (non-hydrogen) atoms. The van der Waals surface area contributed by atoms with E-state index in [0.717, 1.165) is 62.9 Å². The summed E-state index contributed by atoms with van der Waals surface area (Å²) in [6.07, 6.45) is 2.01. The van der Waals surface area contributed by atoms with Gasteiger partial charge in [0.25, 0.3) is 8.64 Å². The van der Waals surface area contributed by atoms with Crippen LogP contribution in [0.1, 0.15) is 12.8 Å².